The number of alkyl halides is 3. The lowest BCUT2D eigenvalue weighted by Gasteiger charge is -2.35. The third kappa shape index (κ3) is 5.01. The second kappa shape index (κ2) is 9.38. The summed E-state index contributed by atoms with van der Waals surface area (Å²) in [7, 11) is 0. The minimum absolute atomic E-state index is 0.123. The molecular formula is C24H23F3N6O3S. The number of aromatic nitrogens is 5. The first-order valence-electron chi connectivity index (χ1n) is 11.6. The Bertz CT molecular complexity index is 1440. The fraction of sp³-hybridized carbons (Fsp3) is 0.375. The number of carboxylic acid groups (broad SMARTS) is 1. The van der Waals surface area contributed by atoms with Gasteiger partial charge in [-0.05, 0) is 56.7 Å². The number of fused-ring (bicyclic) bond motifs is 1. The molecule has 37 heavy (non-hydrogen) atoms. The predicted molar refractivity (Wildman–Crippen MR) is 130 cm³/mol. The monoisotopic (exact) mass is 532 g/mol. The van der Waals surface area contributed by atoms with Gasteiger partial charge >= 0.3 is 12.1 Å². The van der Waals surface area contributed by atoms with E-state index in [1.54, 1.807) is 31.5 Å². The molecule has 1 saturated carbocycles. The molecule has 1 atom stereocenters. The van der Waals surface area contributed by atoms with Crippen molar-refractivity contribution >= 4 is 39.8 Å². The van der Waals surface area contributed by atoms with Crippen LogP contribution >= 0.6 is 11.3 Å². The quantitative estimate of drug-likeness (QED) is 0.261. The van der Waals surface area contributed by atoms with Gasteiger partial charge in [-0.15, -0.1) is 11.3 Å². The van der Waals surface area contributed by atoms with Gasteiger partial charge in [-0.2, -0.15) is 18.3 Å². The van der Waals surface area contributed by atoms with Crippen LogP contribution in [0.4, 0.5) is 24.8 Å². The second-order valence-corrected chi connectivity index (χ2v) is 10.3. The molecule has 5 rings (SSSR count). The Morgan fingerprint density at radius 2 is 1.92 bits per heavy atom. The molecular weight excluding hydrogens is 509 g/mol. The van der Waals surface area contributed by atoms with E-state index in [4.69, 9.17) is 0 Å². The number of hydrogen-bond donors (Lipinski definition) is 4. The van der Waals surface area contributed by atoms with Crippen LogP contribution in [0.5, 0.6) is 0 Å². The fourth-order valence-corrected chi connectivity index (χ4v) is 5.81. The Morgan fingerprint density at radius 3 is 2.62 bits per heavy atom. The zero-order valence-electron chi connectivity index (χ0n) is 19.6. The van der Waals surface area contributed by atoms with E-state index in [0.29, 0.717) is 41.9 Å². The molecule has 0 spiro atoms. The molecule has 0 radical (unpaired) electrons. The molecule has 4 N–H and O–H groups in total. The highest BCUT2D eigenvalue weighted by Gasteiger charge is 2.40. The lowest BCUT2D eigenvalue weighted by molar-refractivity contribution is -0.144. The molecule has 0 aliphatic heterocycles. The summed E-state index contributed by atoms with van der Waals surface area (Å²) in [5.41, 5.74) is -0.487. The molecule has 0 bridgehead atoms. The minimum Gasteiger partial charge on any atom is -0.481 e. The summed E-state index contributed by atoms with van der Waals surface area (Å²) in [6, 6.07) is 4.23. The Balaban J connectivity index is 1.43. The summed E-state index contributed by atoms with van der Waals surface area (Å²) >= 11 is 1.31. The van der Waals surface area contributed by atoms with Gasteiger partial charge in [0.15, 0.2) is 0 Å². The third-order valence-electron chi connectivity index (χ3n) is 6.84. The number of nitrogens with zero attached hydrogens (tertiary/aromatic N) is 4. The largest absolute Gasteiger partial charge is 0.481 e. The summed E-state index contributed by atoms with van der Waals surface area (Å²) in [6.45, 7) is 1.71. The highest BCUT2D eigenvalue weighted by molar-refractivity contribution is 7.15. The van der Waals surface area contributed by atoms with Crippen molar-refractivity contribution in [3.8, 4) is 10.4 Å². The first kappa shape index (κ1) is 25.1. The molecule has 0 saturated heterocycles. The van der Waals surface area contributed by atoms with E-state index in [9.17, 15) is 28.2 Å². The third-order valence-corrected chi connectivity index (χ3v) is 8.09. The van der Waals surface area contributed by atoms with Crippen molar-refractivity contribution in [3.63, 3.8) is 0 Å². The minimum atomic E-state index is -4.60. The van der Waals surface area contributed by atoms with Gasteiger partial charge in [0.25, 0.3) is 0 Å². The van der Waals surface area contributed by atoms with Crippen LogP contribution in [-0.2, 0) is 16.6 Å². The van der Waals surface area contributed by atoms with Crippen molar-refractivity contribution in [2.45, 2.75) is 44.4 Å². The highest BCUT2D eigenvalue weighted by Crippen LogP contribution is 2.44. The molecule has 1 aliphatic carbocycles. The smallest absolute Gasteiger partial charge is 0.433 e. The van der Waals surface area contributed by atoms with E-state index in [2.05, 4.69) is 30.5 Å². The zero-order valence-corrected chi connectivity index (χ0v) is 20.4. The van der Waals surface area contributed by atoms with E-state index in [1.807, 2.05) is 0 Å². The van der Waals surface area contributed by atoms with Crippen LogP contribution in [0.15, 0.2) is 36.8 Å². The number of hydrogen-bond acceptors (Lipinski definition) is 8. The van der Waals surface area contributed by atoms with Crippen LogP contribution in [0.25, 0.3) is 21.3 Å². The molecule has 1 unspecified atom stereocenters. The Hall–Kier alpha value is -3.58. The van der Waals surface area contributed by atoms with E-state index in [0.717, 1.165) is 28.1 Å². The summed E-state index contributed by atoms with van der Waals surface area (Å²) in [4.78, 5) is 24.0. The van der Waals surface area contributed by atoms with Crippen LogP contribution < -0.4 is 5.32 Å². The number of aliphatic hydroxyl groups is 1. The predicted octanol–water partition coefficient (Wildman–Crippen LogP) is 5.34. The van der Waals surface area contributed by atoms with Gasteiger partial charge < -0.3 is 15.5 Å². The molecule has 1 aliphatic rings. The summed E-state index contributed by atoms with van der Waals surface area (Å²) < 4.78 is 39.2. The maximum atomic E-state index is 13.1. The van der Waals surface area contributed by atoms with Gasteiger partial charge in [0.2, 0.25) is 5.95 Å². The first-order chi connectivity index (χ1) is 17.5. The van der Waals surface area contributed by atoms with E-state index >= 15 is 0 Å². The van der Waals surface area contributed by atoms with E-state index < -0.39 is 23.4 Å². The van der Waals surface area contributed by atoms with Crippen LogP contribution in [0.2, 0.25) is 0 Å². The van der Waals surface area contributed by atoms with Gasteiger partial charge in [0, 0.05) is 29.0 Å². The van der Waals surface area contributed by atoms with E-state index in [-0.39, 0.29) is 17.8 Å². The van der Waals surface area contributed by atoms with E-state index in [1.165, 1.54) is 11.3 Å². The number of carbonyl (C=O) groups is 1. The van der Waals surface area contributed by atoms with Crippen molar-refractivity contribution in [1.82, 2.24) is 25.1 Å². The molecule has 4 aromatic rings. The number of rotatable bonds is 6. The van der Waals surface area contributed by atoms with Gasteiger partial charge in [-0.1, -0.05) is 0 Å². The number of aromatic amines is 1. The molecule has 1 aromatic carbocycles. The molecule has 3 aromatic heterocycles. The van der Waals surface area contributed by atoms with Crippen LogP contribution in [0.3, 0.4) is 0 Å². The Kier molecular flexibility index (Phi) is 6.36. The molecule has 9 nitrogen and oxygen atoms in total. The number of H-pyrrole nitrogens is 1. The number of nitrogens with one attached hydrogen (secondary N) is 2. The van der Waals surface area contributed by atoms with Gasteiger partial charge in [0.1, 0.15) is 16.3 Å². The van der Waals surface area contributed by atoms with Gasteiger partial charge in [-0.3, -0.25) is 9.89 Å². The van der Waals surface area contributed by atoms with Crippen LogP contribution in [-0.4, -0.2) is 41.3 Å². The number of aliphatic carboxylic acids is 1. The molecule has 1 fully saturated rings. The fourth-order valence-electron chi connectivity index (χ4n) is 4.74. The summed E-state index contributed by atoms with van der Waals surface area (Å²) in [6.07, 6.45) is 1.91. The maximum absolute atomic E-state index is 13.1. The molecule has 13 heteroatoms. The molecule has 194 valence electrons. The van der Waals surface area contributed by atoms with Gasteiger partial charge in [-0.25, -0.2) is 15.0 Å². The lowest BCUT2D eigenvalue weighted by atomic mass is 9.74. The van der Waals surface area contributed by atoms with Crippen LogP contribution in [0.1, 0.15) is 43.3 Å². The maximum Gasteiger partial charge on any atom is 0.433 e. The van der Waals surface area contributed by atoms with Crippen molar-refractivity contribution in [1.29, 1.82) is 0 Å². The number of benzene rings is 1. The number of carboxylic acids is 1. The standard InChI is InChI=1S/C24H23F3N6O3S/c1-23(36,13-4-2-12(3-5-13)20(34)35)21-29-11-18(37-21)15-8-14(9-17-16(15)10-30-33-17)31-22-28-7-6-19(32-22)24(25,26)27/h6-13,36H,2-5H2,1H3,(H,30,33)(H,34,35)(H,28,31,32). The highest BCUT2D eigenvalue weighted by atomic mass is 32.1. The zero-order chi connectivity index (χ0) is 26.4. The number of anilines is 2. The summed E-state index contributed by atoms with van der Waals surface area (Å²) in [5, 5.41) is 31.7. The SMILES string of the molecule is CC(O)(c1ncc(-c2cc(Nc3nccc(C(F)(F)F)n3)cc3[nH]ncc23)s1)C1CCC(C(=O)O)CC1. The normalized spacial score (nSPS) is 20.0. The number of halogens is 3. The summed E-state index contributed by atoms with van der Waals surface area (Å²) in [5.74, 6) is -1.52. The lowest BCUT2D eigenvalue weighted by Crippen LogP contribution is -2.35. The average molecular weight is 533 g/mol. The van der Waals surface area contributed by atoms with Crippen molar-refractivity contribution < 1.29 is 28.2 Å². The number of thiazole rings is 1. The van der Waals surface area contributed by atoms with Crippen molar-refractivity contribution in [2.24, 2.45) is 11.8 Å². The van der Waals surface area contributed by atoms with Crippen molar-refractivity contribution in [2.75, 3.05) is 5.32 Å². The first-order valence-corrected chi connectivity index (χ1v) is 12.4. The van der Waals surface area contributed by atoms with Gasteiger partial charge in [0.05, 0.1) is 22.5 Å². The Morgan fingerprint density at radius 1 is 1.16 bits per heavy atom. The second-order valence-electron chi connectivity index (χ2n) is 9.31. The molecule has 0 amide bonds. The Labute approximate surface area is 212 Å². The van der Waals surface area contributed by atoms with Crippen molar-refractivity contribution in [3.05, 3.63) is 47.5 Å². The molecule has 3 heterocycles. The topological polar surface area (TPSA) is 137 Å². The average Bonchev–Trinajstić information content (AvgIpc) is 3.54. The van der Waals surface area contributed by atoms with Crippen LogP contribution in [0, 0.1) is 11.8 Å².